The van der Waals surface area contributed by atoms with Gasteiger partial charge >= 0.3 is 0 Å². The van der Waals surface area contributed by atoms with Crippen LogP contribution in [0.2, 0.25) is 0 Å². The van der Waals surface area contributed by atoms with Crippen molar-refractivity contribution in [3.05, 3.63) is 65.9 Å². The molecule has 1 N–H and O–H groups in total. The number of fused-ring (bicyclic) bond motifs is 1. The zero-order valence-corrected chi connectivity index (χ0v) is 11.1. The van der Waals surface area contributed by atoms with Gasteiger partial charge in [0.05, 0.1) is 5.52 Å². The Bertz CT molecular complexity index is 718. The number of rotatable bonds is 2. The maximum atomic E-state index is 4.50. The Hall–Kier alpha value is -2.35. The maximum absolute atomic E-state index is 4.50. The van der Waals surface area contributed by atoms with Crippen molar-refractivity contribution in [2.75, 3.05) is 5.32 Å². The molecule has 2 nitrogen and oxygen atoms in total. The van der Waals surface area contributed by atoms with Crippen molar-refractivity contribution in [1.29, 1.82) is 0 Å². The fraction of sp³-hybridized carbons (Fsp3) is 0.118. The predicted molar refractivity (Wildman–Crippen MR) is 80.9 cm³/mol. The van der Waals surface area contributed by atoms with Crippen LogP contribution in [0.25, 0.3) is 10.9 Å². The number of hydrogen-bond donors (Lipinski definition) is 1. The Morgan fingerprint density at radius 2 is 1.68 bits per heavy atom. The number of nitrogens with one attached hydrogen (secondary N) is 1. The monoisotopic (exact) mass is 248 g/mol. The molecule has 0 aliphatic heterocycles. The number of aromatic nitrogens is 1. The predicted octanol–water partition coefficient (Wildman–Crippen LogP) is 4.60. The molecule has 0 unspecified atom stereocenters. The van der Waals surface area contributed by atoms with Crippen LogP contribution in [-0.2, 0) is 0 Å². The first-order valence-corrected chi connectivity index (χ1v) is 6.43. The summed E-state index contributed by atoms with van der Waals surface area (Å²) >= 11 is 0. The molecule has 0 aliphatic rings. The van der Waals surface area contributed by atoms with Gasteiger partial charge in [-0.15, -0.1) is 0 Å². The third-order valence-corrected chi connectivity index (χ3v) is 3.49. The Kier molecular flexibility index (Phi) is 2.92. The summed E-state index contributed by atoms with van der Waals surface area (Å²) < 4.78 is 0. The molecule has 3 aromatic rings. The zero-order chi connectivity index (χ0) is 13.2. The smallest absolute Gasteiger partial charge is 0.0754 e. The zero-order valence-electron chi connectivity index (χ0n) is 11.1. The van der Waals surface area contributed by atoms with E-state index in [4.69, 9.17) is 0 Å². The number of aryl methyl sites for hydroxylation is 2. The van der Waals surface area contributed by atoms with Crippen LogP contribution in [0, 0.1) is 13.8 Å². The van der Waals surface area contributed by atoms with Crippen LogP contribution >= 0.6 is 0 Å². The number of anilines is 2. The van der Waals surface area contributed by atoms with E-state index in [0.717, 1.165) is 22.3 Å². The fourth-order valence-electron chi connectivity index (χ4n) is 2.25. The van der Waals surface area contributed by atoms with E-state index in [-0.39, 0.29) is 0 Å². The number of hydrogen-bond acceptors (Lipinski definition) is 2. The summed E-state index contributed by atoms with van der Waals surface area (Å²) in [5, 5.41) is 4.62. The van der Waals surface area contributed by atoms with Crippen LogP contribution in [0.15, 0.2) is 54.7 Å². The highest BCUT2D eigenvalue weighted by molar-refractivity contribution is 5.95. The van der Waals surface area contributed by atoms with Gasteiger partial charge in [-0.2, -0.15) is 0 Å². The summed E-state index contributed by atoms with van der Waals surface area (Å²) in [6.45, 7) is 4.24. The van der Waals surface area contributed by atoms with Crippen LogP contribution in [0.3, 0.4) is 0 Å². The van der Waals surface area contributed by atoms with Crippen molar-refractivity contribution in [3.8, 4) is 0 Å². The molecule has 19 heavy (non-hydrogen) atoms. The molecule has 0 radical (unpaired) electrons. The lowest BCUT2D eigenvalue weighted by Gasteiger charge is -2.11. The van der Waals surface area contributed by atoms with E-state index in [1.54, 1.807) is 0 Å². The van der Waals surface area contributed by atoms with Gasteiger partial charge in [-0.1, -0.05) is 30.3 Å². The number of para-hydroxylation sites is 1. The molecule has 0 fully saturated rings. The lowest BCUT2D eigenvalue weighted by molar-refractivity contribution is 1.31. The molecule has 0 spiro atoms. The molecule has 0 saturated heterocycles. The molecule has 2 heteroatoms. The summed E-state index contributed by atoms with van der Waals surface area (Å²) in [7, 11) is 0. The first-order chi connectivity index (χ1) is 9.25. The lowest BCUT2D eigenvalue weighted by atomic mass is 10.0. The molecule has 0 aliphatic carbocycles. The third kappa shape index (κ3) is 2.17. The highest BCUT2D eigenvalue weighted by Crippen LogP contribution is 2.28. The van der Waals surface area contributed by atoms with Gasteiger partial charge in [0.15, 0.2) is 0 Å². The number of benzene rings is 2. The normalized spacial score (nSPS) is 10.6. The highest BCUT2D eigenvalue weighted by atomic mass is 14.9. The van der Waals surface area contributed by atoms with Crippen LogP contribution in [0.5, 0.6) is 0 Å². The Labute approximate surface area is 113 Å². The lowest BCUT2D eigenvalue weighted by Crippen LogP contribution is -1.94. The van der Waals surface area contributed by atoms with Gasteiger partial charge in [-0.3, -0.25) is 4.98 Å². The molecule has 3 rings (SSSR count). The molecular weight excluding hydrogens is 232 g/mol. The molecule has 1 heterocycles. The van der Waals surface area contributed by atoms with E-state index in [0.29, 0.717) is 0 Å². The SMILES string of the molecule is Cc1ccc2c(Nc3ccccc3)ccnc2c1C. The molecule has 2 aromatic carbocycles. The minimum absolute atomic E-state index is 1.07. The van der Waals surface area contributed by atoms with Crippen LogP contribution < -0.4 is 5.32 Å². The van der Waals surface area contributed by atoms with E-state index in [9.17, 15) is 0 Å². The summed E-state index contributed by atoms with van der Waals surface area (Å²) in [6, 6.07) is 16.5. The quantitative estimate of drug-likeness (QED) is 0.717. The Morgan fingerprint density at radius 1 is 0.895 bits per heavy atom. The largest absolute Gasteiger partial charge is 0.355 e. The van der Waals surface area contributed by atoms with Crippen LogP contribution in [-0.4, -0.2) is 4.98 Å². The van der Waals surface area contributed by atoms with Gasteiger partial charge in [-0.05, 0) is 43.2 Å². The average molecular weight is 248 g/mol. The Balaban J connectivity index is 2.12. The second-order valence-corrected chi connectivity index (χ2v) is 4.75. The van der Waals surface area contributed by atoms with Crippen molar-refractivity contribution < 1.29 is 0 Å². The first-order valence-electron chi connectivity index (χ1n) is 6.43. The first kappa shape index (κ1) is 11.7. The minimum atomic E-state index is 1.07. The van der Waals surface area contributed by atoms with E-state index in [1.165, 1.54) is 11.1 Å². The van der Waals surface area contributed by atoms with Crippen molar-refractivity contribution in [3.63, 3.8) is 0 Å². The number of pyridine rings is 1. The van der Waals surface area contributed by atoms with Crippen LogP contribution in [0.4, 0.5) is 11.4 Å². The molecule has 0 atom stereocenters. The van der Waals surface area contributed by atoms with Gasteiger partial charge in [0.1, 0.15) is 0 Å². The second kappa shape index (κ2) is 4.73. The van der Waals surface area contributed by atoms with E-state index < -0.39 is 0 Å². The van der Waals surface area contributed by atoms with Gasteiger partial charge in [0.25, 0.3) is 0 Å². The van der Waals surface area contributed by atoms with Gasteiger partial charge < -0.3 is 5.32 Å². The summed E-state index contributed by atoms with van der Waals surface area (Å²) in [5.41, 5.74) is 5.78. The Morgan fingerprint density at radius 3 is 2.47 bits per heavy atom. The topological polar surface area (TPSA) is 24.9 Å². The van der Waals surface area contributed by atoms with Crippen molar-refractivity contribution in [2.45, 2.75) is 13.8 Å². The van der Waals surface area contributed by atoms with Crippen molar-refractivity contribution in [1.82, 2.24) is 4.98 Å². The van der Waals surface area contributed by atoms with Crippen molar-refractivity contribution >= 4 is 22.3 Å². The van der Waals surface area contributed by atoms with E-state index in [1.807, 2.05) is 30.5 Å². The van der Waals surface area contributed by atoms with Crippen molar-refractivity contribution in [2.24, 2.45) is 0 Å². The third-order valence-electron chi connectivity index (χ3n) is 3.49. The summed E-state index contributed by atoms with van der Waals surface area (Å²) in [6.07, 6.45) is 1.86. The molecule has 0 bridgehead atoms. The summed E-state index contributed by atoms with van der Waals surface area (Å²) in [5.74, 6) is 0. The second-order valence-electron chi connectivity index (χ2n) is 4.75. The molecular formula is C17H16N2. The standard InChI is InChI=1S/C17H16N2/c1-12-8-9-15-16(10-11-18-17(15)13(12)2)19-14-6-4-3-5-7-14/h3-11H,1-2H3,(H,18,19). The maximum Gasteiger partial charge on any atom is 0.0754 e. The minimum Gasteiger partial charge on any atom is -0.355 e. The van der Waals surface area contributed by atoms with Gasteiger partial charge in [0, 0.05) is 23.0 Å². The van der Waals surface area contributed by atoms with Crippen LogP contribution in [0.1, 0.15) is 11.1 Å². The molecule has 1 aromatic heterocycles. The summed E-state index contributed by atoms with van der Waals surface area (Å²) in [4.78, 5) is 4.50. The van der Waals surface area contributed by atoms with Gasteiger partial charge in [-0.25, -0.2) is 0 Å². The van der Waals surface area contributed by atoms with Gasteiger partial charge in [0.2, 0.25) is 0 Å². The molecule has 0 saturated carbocycles. The fourth-order valence-corrected chi connectivity index (χ4v) is 2.25. The van der Waals surface area contributed by atoms with E-state index in [2.05, 4.69) is 48.4 Å². The number of nitrogens with zero attached hydrogens (tertiary/aromatic N) is 1. The average Bonchev–Trinajstić information content (AvgIpc) is 2.45. The molecule has 94 valence electrons. The van der Waals surface area contributed by atoms with E-state index >= 15 is 0 Å². The molecule has 0 amide bonds. The highest BCUT2D eigenvalue weighted by Gasteiger charge is 2.06.